The molecule has 0 aromatic carbocycles. The van der Waals surface area contributed by atoms with Crippen LogP contribution in [-0.4, -0.2) is 28.0 Å². The number of pyridine rings is 1. The van der Waals surface area contributed by atoms with Crippen molar-refractivity contribution in [2.24, 2.45) is 5.73 Å². The Hall–Kier alpha value is -0.290. The third-order valence-electron chi connectivity index (χ3n) is 2.26. The smallest absolute Gasteiger partial charge is 0.115 e. The molecule has 0 aliphatic rings. The molecule has 3 N–H and O–H groups in total. The Morgan fingerprint density at radius 1 is 1.62 bits per heavy atom. The highest BCUT2D eigenvalue weighted by atomic mass is 35.5. The Labute approximate surface area is 105 Å². The molecule has 1 rings (SSSR count). The van der Waals surface area contributed by atoms with Crippen LogP contribution in [0.5, 0.6) is 0 Å². The normalized spacial score (nSPS) is 14.8. The van der Waals surface area contributed by atoms with E-state index in [0.29, 0.717) is 18.0 Å². The largest absolute Gasteiger partial charge is 0.389 e. The van der Waals surface area contributed by atoms with Gasteiger partial charge in [-0.2, -0.15) is 0 Å². The number of aromatic nitrogens is 1. The van der Waals surface area contributed by atoms with Crippen molar-refractivity contribution in [2.75, 3.05) is 12.3 Å². The van der Waals surface area contributed by atoms with E-state index in [1.807, 2.05) is 12.1 Å². The highest BCUT2D eigenvalue weighted by Gasteiger charge is 2.16. The quantitative estimate of drug-likeness (QED) is 0.609. The maximum absolute atomic E-state index is 9.70. The molecule has 0 amide bonds. The molecule has 1 atom stereocenters. The lowest BCUT2D eigenvalue weighted by atomic mass is 10.0. The lowest BCUT2D eigenvalue weighted by Crippen LogP contribution is -2.34. The van der Waals surface area contributed by atoms with Gasteiger partial charge in [0.05, 0.1) is 10.6 Å². The van der Waals surface area contributed by atoms with Crippen LogP contribution in [-0.2, 0) is 0 Å². The van der Waals surface area contributed by atoms with Gasteiger partial charge in [0.15, 0.2) is 0 Å². The summed E-state index contributed by atoms with van der Waals surface area (Å²) in [6, 6.07) is 3.64. The van der Waals surface area contributed by atoms with Crippen LogP contribution in [0.15, 0.2) is 23.4 Å². The van der Waals surface area contributed by atoms with E-state index >= 15 is 0 Å². The number of thioether (sulfide) groups is 1. The molecule has 0 aliphatic heterocycles. The first-order chi connectivity index (χ1) is 7.55. The van der Waals surface area contributed by atoms with Gasteiger partial charge in [-0.1, -0.05) is 11.6 Å². The van der Waals surface area contributed by atoms with Gasteiger partial charge in [0, 0.05) is 12.7 Å². The maximum Gasteiger partial charge on any atom is 0.115 e. The summed E-state index contributed by atoms with van der Waals surface area (Å²) in [5, 5.41) is 11.2. The van der Waals surface area contributed by atoms with E-state index in [1.54, 1.807) is 24.9 Å². The van der Waals surface area contributed by atoms with Gasteiger partial charge in [0.25, 0.3) is 0 Å². The molecule has 0 bridgehead atoms. The summed E-state index contributed by atoms with van der Waals surface area (Å²) in [5.41, 5.74) is 4.68. The lowest BCUT2D eigenvalue weighted by molar-refractivity contribution is 0.0596. The second kappa shape index (κ2) is 6.45. The van der Waals surface area contributed by atoms with E-state index < -0.39 is 5.60 Å². The molecule has 0 aliphatic carbocycles. The van der Waals surface area contributed by atoms with Crippen molar-refractivity contribution < 1.29 is 5.11 Å². The van der Waals surface area contributed by atoms with Gasteiger partial charge >= 0.3 is 0 Å². The van der Waals surface area contributed by atoms with Gasteiger partial charge in [-0.25, -0.2) is 4.98 Å². The summed E-state index contributed by atoms with van der Waals surface area (Å²) in [5.74, 6) is 0.882. The average Bonchev–Trinajstić information content (AvgIpc) is 2.27. The van der Waals surface area contributed by atoms with Gasteiger partial charge in [-0.15, -0.1) is 11.8 Å². The molecule has 1 aromatic rings. The summed E-state index contributed by atoms with van der Waals surface area (Å²) < 4.78 is 0. The van der Waals surface area contributed by atoms with E-state index in [9.17, 15) is 5.11 Å². The van der Waals surface area contributed by atoms with Crippen LogP contribution in [0.3, 0.4) is 0 Å². The standard InChI is InChI=1S/C11H17ClN2OS/c1-11(15,8-13)5-3-7-16-10-9(12)4-2-6-14-10/h2,4,6,15H,3,5,7-8,13H2,1H3. The lowest BCUT2D eigenvalue weighted by Gasteiger charge is -2.20. The summed E-state index contributed by atoms with van der Waals surface area (Å²) in [7, 11) is 0. The molecule has 90 valence electrons. The summed E-state index contributed by atoms with van der Waals surface area (Å²) >= 11 is 7.57. The van der Waals surface area contributed by atoms with Gasteiger partial charge in [-0.3, -0.25) is 0 Å². The first-order valence-electron chi connectivity index (χ1n) is 5.21. The first-order valence-corrected chi connectivity index (χ1v) is 6.57. The number of halogens is 1. The fraction of sp³-hybridized carbons (Fsp3) is 0.545. The van der Waals surface area contributed by atoms with Gasteiger partial charge in [-0.05, 0) is 37.7 Å². The van der Waals surface area contributed by atoms with Crippen LogP contribution in [0, 0.1) is 0 Å². The van der Waals surface area contributed by atoms with E-state index in [4.69, 9.17) is 17.3 Å². The van der Waals surface area contributed by atoms with Crippen LogP contribution in [0.2, 0.25) is 5.02 Å². The number of hydrogen-bond donors (Lipinski definition) is 2. The number of rotatable bonds is 6. The fourth-order valence-corrected chi connectivity index (χ4v) is 2.31. The van der Waals surface area contributed by atoms with Crippen molar-refractivity contribution in [1.29, 1.82) is 0 Å². The van der Waals surface area contributed by atoms with Crippen LogP contribution < -0.4 is 5.73 Å². The van der Waals surface area contributed by atoms with E-state index in [0.717, 1.165) is 17.2 Å². The predicted octanol–water partition coefficient (Wildman–Crippen LogP) is 2.32. The predicted molar refractivity (Wildman–Crippen MR) is 68.9 cm³/mol. The zero-order valence-electron chi connectivity index (χ0n) is 9.32. The Balaban J connectivity index is 2.29. The Morgan fingerprint density at radius 3 is 3.00 bits per heavy atom. The van der Waals surface area contributed by atoms with Crippen molar-refractivity contribution >= 4 is 23.4 Å². The molecule has 0 spiro atoms. The second-order valence-electron chi connectivity index (χ2n) is 3.94. The van der Waals surface area contributed by atoms with Crippen molar-refractivity contribution in [3.05, 3.63) is 23.4 Å². The summed E-state index contributed by atoms with van der Waals surface area (Å²) in [6.45, 7) is 2.05. The number of nitrogens with zero attached hydrogens (tertiary/aromatic N) is 1. The molecule has 5 heteroatoms. The molecule has 3 nitrogen and oxygen atoms in total. The van der Waals surface area contributed by atoms with Crippen molar-refractivity contribution in [3.8, 4) is 0 Å². The zero-order chi connectivity index (χ0) is 12.0. The van der Waals surface area contributed by atoms with E-state index in [-0.39, 0.29) is 0 Å². The number of aliphatic hydroxyl groups is 1. The van der Waals surface area contributed by atoms with E-state index in [1.165, 1.54) is 0 Å². The number of nitrogens with two attached hydrogens (primary N) is 1. The molecule has 16 heavy (non-hydrogen) atoms. The van der Waals surface area contributed by atoms with Crippen molar-refractivity contribution in [1.82, 2.24) is 4.98 Å². The van der Waals surface area contributed by atoms with Gasteiger partial charge in [0.1, 0.15) is 5.03 Å². The molecule has 1 unspecified atom stereocenters. The minimum absolute atomic E-state index is 0.294. The monoisotopic (exact) mass is 260 g/mol. The minimum Gasteiger partial charge on any atom is -0.389 e. The maximum atomic E-state index is 9.70. The Morgan fingerprint density at radius 2 is 2.38 bits per heavy atom. The Kier molecular flexibility index (Phi) is 5.55. The van der Waals surface area contributed by atoms with Crippen LogP contribution in [0.1, 0.15) is 19.8 Å². The molecule has 0 radical (unpaired) electrons. The SMILES string of the molecule is CC(O)(CN)CCCSc1ncccc1Cl. The molecular formula is C11H17ClN2OS. The highest BCUT2D eigenvalue weighted by Crippen LogP contribution is 2.25. The van der Waals surface area contributed by atoms with Crippen molar-refractivity contribution in [3.63, 3.8) is 0 Å². The third-order valence-corrected chi connectivity index (χ3v) is 3.77. The minimum atomic E-state index is -0.755. The zero-order valence-corrected chi connectivity index (χ0v) is 10.9. The highest BCUT2D eigenvalue weighted by molar-refractivity contribution is 7.99. The molecular weight excluding hydrogens is 244 g/mol. The second-order valence-corrected chi connectivity index (χ2v) is 5.43. The number of hydrogen-bond acceptors (Lipinski definition) is 4. The molecule has 1 aromatic heterocycles. The van der Waals surface area contributed by atoms with E-state index in [2.05, 4.69) is 4.98 Å². The first kappa shape index (κ1) is 13.8. The summed E-state index contributed by atoms with van der Waals surface area (Å²) in [4.78, 5) is 4.18. The molecule has 0 saturated heterocycles. The average molecular weight is 261 g/mol. The fourth-order valence-electron chi connectivity index (χ4n) is 1.20. The van der Waals surface area contributed by atoms with Crippen molar-refractivity contribution in [2.45, 2.75) is 30.4 Å². The Bertz CT molecular complexity index is 334. The topological polar surface area (TPSA) is 59.1 Å². The van der Waals surface area contributed by atoms with Gasteiger partial charge < -0.3 is 10.8 Å². The van der Waals surface area contributed by atoms with Gasteiger partial charge in [0.2, 0.25) is 0 Å². The van der Waals surface area contributed by atoms with Crippen LogP contribution >= 0.6 is 23.4 Å². The van der Waals surface area contributed by atoms with Crippen LogP contribution in [0.4, 0.5) is 0 Å². The molecule has 0 saturated carbocycles. The van der Waals surface area contributed by atoms with Crippen LogP contribution in [0.25, 0.3) is 0 Å². The summed E-state index contributed by atoms with van der Waals surface area (Å²) in [6.07, 6.45) is 3.31. The molecule has 0 fully saturated rings. The third kappa shape index (κ3) is 4.70. The molecule has 1 heterocycles.